The molecule has 0 amide bonds. The zero-order chi connectivity index (χ0) is 8.39. The summed E-state index contributed by atoms with van der Waals surface area (Å²) in [5, 5.41) is 0. The Labute approximate surface area is 73.9 Å². The standard InChI is InChI=1S/C12H14/c1-10-2-4-11(5-3-10)6-7-12-8-9-12/h2-7,12H,8-9H2,1H3/b7-6+. The number of benzene rings is 1. The van der Waals surface area contributed by atoms with E-state index in [1.54, 1.807) is 0 Å². The molecule has 0 atom stereocenters. The van der Waals surface area contributed by atoms with Gasteiger partial charge in [0.2, 0.25) is 0 Å². The van der Waals surface area contributed by atoms with Crippen molar-refractivity contribution in [1.29, 1.82) is 0 Å². The van der Waals surface area contributed by atoms with Gasteiger partial charge >= 0.3 is 0 Å². The van der Waals surface area contributed by atoms with Crippen LogP contribution in [0.5, 0.6) is 0 Å². The van der Waals surface area contributed by atoms with E-state index in [9.17, 15) is 0 Å². The lowest BCUT2D eigenvalue weighted by Gasteiger charge is -1.93. The monoisotopic (exact) mass is 158 g/mol. The molecule has 0 nitrogen and oxygen atoms in total. The second kappa shape index (κ2) is 3.14. The van der Waals surface area contributed by atoms with Crippen molar-refractivity contribution in [2.75, 3.05) is 0 Å². The number of hydrogen-bond acceptors (Lipinski definition) is 0. The quantitative estimate of drug-likeness (QED) is 0.618. The molecule has 0 N–H and O–H groups in total. The molecule has 0 aromatic heterocycles. The third-order valence-electron chi connectivity index (χ3n) is 2.26. The first-order chi connectivity index (χ1) is 5.84. The first kappa shape index (κ1) is 7.60. The third-order valence-corrected chi connectivity index (χ3v) is 2.26. The number of aryl methyl sites for hydroxylation is 1. The summed E-state index contributed by atoms with van der Waals surface area (Å²) in [6.07, 6.45) is 7.34. The van der Waals surface area contributed by atoms with Crippen molar-refractivity contribution in [1.82, 2.24) is 0 Å². The molecule has 0 heteroatoms. The molecule has 12 heavy (non-hydrogen) atoms. The maximum Gasteiger partial charge on any atom is -0.0230 e. The Morgan fingerprint density at radius 2 is 1.83 bits per heavy atom. The van der Waals surface area contributed by atoms with Crippen LogP contribution in [0.4, 0.5) is 0 Å². The summed E-state index contributed by atoms with van der Waals surface area (Å²) in [7, 11) is 0. The van der Waals surface area contributed by atoms with Crippen molar-refractivity contribution in [3.8, 4) is 0 Å². The highest BCUT2D eigenvalue weighted by atomic mass is 14.2. The summed E-state index contributed by atoms with van der Waals surface area (Å²) in [4.78, 5) is 0. The van der Waals surface area contributed by atoms with E-state index in [-0.39, 0.29) is 0 Å². The molecule has 0 radical (unpaired) electrons. The van der Waals surface area contributed by atoms with Crippen molar-refractivity contribution < 1.29 is 0 Å². The minimum atomic E-state index is 0.881. The fourth-order valence-corrected chi connectivity index (χ4v) is 1.21. The Morgan fingerprint density at radius 3 is 2.42 bits per heavy atom. The molecule has 1 aliphatic carbocycles. The fraction of sp³-hybridized carbons (Fsp3) is 0.333. The van der Waals surface area contributed by atoms with Crippen LogP contribution in [0.3, 0.4) is 0 Å². The Hall–Kier alpha value is -1.04. The first-order valence-corrected chi connectivity index (χ1v) is 4.59. The molecule has 1 aliphatic rings. The van der Waals surface area contributed by atoms with Crippen LogP contribution < -0.4 is 0 Å². The molecule has 62 valence electrons. The van der Waals surface area contributed by atoms with Gasteiger partial charge in [0.1, 0.15) is 0 Å². The van der Waals surface area contributed by atoms with Crippen LogP contribution in [0.15, 0.2) is 30.3 Å². The Bertz CT molecular complexity index is 275. The van der Waals surface area contributed by atoms with E-state index >= 15 is 0 Å². The van der Waals surface area contributed by atoms with E-state index < -0.39 is 0 Å². The van der Waals surface area contributed by atoms with Gasteiger partial charge in [0.25, 0.3) is 0 Å². The Kier molecular flexibility index (Phi) is 1.99. The van der Waals surface area contributed by atoms with Gasteiger partial charge in [-0.15, -0.1) is 0 Å². The highest BCUT2D eigenvalue weighted by Gasteiger charge is 2.16. The molecule has 0 bridgehead atoms. The van der Waals surface area contributed by atoms with Crippen LogP contribution >= 0.6 is 0 Å². The van der Waals surface area contributed by atoms with Crippen LogP contribution in [0.2, 0.25) is 0 Å². The lowest BCUT2D eigenvalue weighted by Crippen LogP contribution is -1.73. The molecule has 1 aromatic carbocycles. The predicted molar refractivity (Wildman–Crippen MR) is 52.9 cm³/mol. The zero-order valence-electron chi connectivity index (χ0n) is 7.46. The smallest absolute Gasteiger partial charge is 0.0230 e. The number of hydrogen-bond donors (Lipinski definition) is 0. The van der Waals surface area contributed by atoms with Crippen molar-refractivity contribution in [2.24, 2.45) is 5.92 Å². The van der Waals surface area contributed by atoms with Crippen molar-refractivity contribution >= 4 is 6.08 Å². The van der Waals surface area contributed by atoms with Gasteiger partial charge in [0, 0.05) is 0 Å². The van der Waals surface area contributed by atoms with E-state index in [1.165, 1.54) is 24.0 Å². The normalized spacial score (nSPS) is 17.1. The van der Waals surface area contributed by atoms with Crippen molar-refractivity contribution in [3.05, 3.63) is 41.5 Å². The summed E-state index contributed by atoms with van der Waals surface area (Å²) < 4.78 is 0. The predicted octanol–water partition coefficient (Wildman–Crippen LogP) is 3.42. The van der Waals surface area contributed by atoms with Gasteiger partial charge in [-0.3, -0.25) is 0 Å². The molecule has 0 heterocycles. The van der Waals surface area contributed by atoms with Crippen molar-refractivity contribution in [3.63, 3.8) is 0 Å². The van der Waals surface area contributed by atoms with E-state index in [2.05, 4.69) is 43.3 Å². The van der Waals surface area contributed by atoms with Crippen LogP contribution in [0.25, 0.3) is 6.08 Å². The molecule has 0 aliphatic heterocycles. The topological polar surface area (TPSA) is 0 Å². The summed E-state index contributed by atoms with van der Waals surface area (Å²) in [6, 6.07) is 8.67. The lowest BCUT2D eigenvalue weighted by atomic mass is 10.1. The van der Waals surface area contributed by atoms with Crippen LogP contribution in [-0.4, -0.2) is 0 Å². The van der Waals surface area contributed by atoms with Gasteiger partial charge in [-0.2, -0.15) is 0 Å². The minimum Gasteiger partial charge on any atom is -0.0808 e. The van der Waals surface area contributed by atoms with Gasteiger partial charge in [-0.1, -0.05) is 42.0 Å². The largest absolute Gasteiger partial charge is 0.0808 e. The minimum absolute atomic E-state index is 0.881. The molecule has 1 fully saturated rings. The van der Waals surface area contributed by atoms with Gasteiger partial charge in [0.05, 0.1) is 0 Å². The molecular formula is C12H14. The van der Waals surface area contributed by atoms with E-state index in [1.807, 2.05) is 0 Å². The van der Waals surface area contributed by atoms with Crippen LogP contribution in [-0.2, 0) is 0 Å². The third kappa shape index (κ3) is 1.97. The second-order valence-corrected chi connectivity index (χ2v) is 3.61. The van der Waals surface area contributed by atoms with Gasteiger partial charge in [-0.05, 0) is 31.2 Å². The van der Waals surface area contributed by atoms with Gasteiger partial charge in [-0.25, -0.2) is 0 Å². The SMILES string of the molecule is Cc1ccc(/C=C/C2CC2)cc1. The molecule has 0 saturated heterocycles. The Balaban J connectivity index is 2.07. The Morgan fingerprint density at radius 1 is 1.17 bits per heavy atom. The van der Waals surface area contributed by atoms with E-state index in [0.29, 0.717) is 0 Å². The number of allylic oxidation sites excluding steroid dienone is 1. The van der Waals surface area contributed by atoms with Crippen molar-refractivity contribution in [2.45, 2.75) is 19.8 Å². The van der Waals surface area contributed by atoms with Gasteiger partial charge < -0.3 is 0 Å². The average molecular weight is 158 g/mol. The molecule has 1 saturated carbocycles. The summed E-state index contributed by atoms with van der Waals surface area (Å²) >= 11 is 0. The fourth-order valence-electron chi connectivity index (χ4n) is 1.21. The van der Waals surface area contributed by atoms with E-state index in [4.69, 9.17) is 0 Å². The maximum absolute atomic E-state index is 2.32. The first-order valence-electron chi connectivity index (χ1n) is 4.59. The maximum atomic E-state index is 2.32. The van der Waals surface area contributed by atoms with Crippen LogP contribution in [0, 0.1) is 12.8 Å². The van der Waals surface area contributed by atoms with E-state index in [0.717, 1.165) is 5.92 Å². The summed E-state index contributed by atoms with van der Waals surface area (Å²) in [5.41, 5.74) is 2.66. The molecule has 1 aromatic rings. The molecule has 0 unspecified atom stereocenters. The molecule has 0 spiro atoms. The summed E-state index contributed by atoms with van der Waals surface area (Å²) in [5.74, 6) is 0.881. The lowest BCUT2D eigenvalue weighted by molar-refractivity contribution is 1.13. The second-order valence-electron chi connectivity index (χ2n) is 3.61. The molecule has 2 rings (SSSR count). The highest BCUT2D eigenvalue weighted by molar-refractivity contribution is 5.50. The summed E-state index contributed by atoms with van der Waals surface area (Å²) in [6.45, 7) is 2.12. The van der Waals surface area contributed by atoms with Crippen LogP contribution in [0.1, 0.15) is 24.0 Å². The average Bonchev–Trinajstić information content (AvgIpc) is 2.87. The highest BCUT2D eigenvalue weighted by Crippen LogP contribution is 2.30. The van der Waals surface area contributed by atoms with Gasteiger partial charge in [0.15, 0.2) is 0 Å². The number of rotatable bonds is 2. The molecular weight excluding hydrogens is 144 g/mol. The zero-order valence-corrected chi connectivity index (χ0v) is 7.46.